The molecule has 5 nitrogen and oxygen atoms in total. The van der Waals surface area contributed by atoms with Crippen molar-refractivity contribution in [3.63, 3.8) is 0 Å². The molecule has 0 aromatic heterocycles. The summed E-state index contributed by atoms with van der Waals surface area (Å²) in [5, 5.41) is 29.4. The van der Waals surface area contributed by atoms with Crippen molar-refractivity contribution in [2.45, 2.75) is 77.9 Å². The summed E-state index contributed by atoms with van der Waals surface area (Å²) in [4.78, 5) is 23.0. The van der Waals surface area contributed by atoms with Gasteiger partial charge in [-0.2, -0.15) is 0 Å². The Labute approximate surface area is 163 Å². The molecule has 0 radical (unpaired) electrons. The van der Waals surface area contributed by atoms with Crippen LogP contribution in [-0.4, -0.2) is 39.3 Å². The Morgan fingerprint density at radius 1 is 1.26 bits per heavy atom. The van der Waals surface area contributed by atoms with Gasteiger partial charge in [0.1, 0.15) is 5.78 Å². The maximum Gasteiger partial charge on any atom is 0.306 e. The van der Waals surface area contributed by atoms with E-state index in [4.69, 9.17) is 5.11 Å². The molecule has 0 aromatic rings. The normalized spacial score (nSPS) is 26.7. The standard InChI is InChI=1S/C22H36O5/c1-4-5-9-15(2)19(23)13-12-18-17(20(24)14-21(18)25)11-8-6-7-10-16(3)22(26)27/h6,8,12-13,15-19,21,23,25H,4-5,7,9-11,14H2,1-3H3,(H,26,27)/b8-6-,13-12+/t15-,16?,17+,18+,19-,21+/m0/s1. The van der Waals surface area contributed by atoms with E-state index in [1.165, 1.54) is 0 Å². The van der Waals surface area contributed by atoms with Crippen LogP contribution in [0.4, 0.5) is 0 Å². The number of carboxylic acids is 1. The van der Waals surface area contributed by atoms with Crippen molar-refractivity contribution in [1.82, 2.24) is 0 Å². The summed E-state index contributed by atoms with van der Waals surface area (Å²) < 4.78 is 0. The number of carbonyl (C=O) groups excluding carboxylic acids is 1. The fourth-order valence-corrected chi connectivity index (χ4v) is 3.49. The van der Waals surface area contributed by atoms with Crippen molar-refractivity contribution in [3.05, 3.63) is 24.3 Å². The third-order valence-corrected chi connectivity index (χ3v) is 5.60. The Hall–Kier alpha value is -1.46. The first-order valence-electron chi connectivity index (χ1n) is 10.2. The summed E-state index contributed by atoms with van der Waals surface area (Å²) in [5.74, 6) is -1.51. The molecule has 154 valence electrons. The fourth-order valence-electron chi connectivity index (χ4n) is 3.49. The van der Waals surface area contributed by atoms with Gasteiger partial charge < -0.3 is 15.3 Å². The molecule has 6 atom stereocenters. The predicted molar refractivity (Wildman–Crippen MR) is 106 cm³/mol. The molecule has 0 bridgehead atoms. The monoisotopic (exact) mass is 380 g/mol. The maximum absolute atomic E-state index is 12.2. The second kappa shape index (κ2) is 12.1. The van der Waals surface area contributed by atoms with Crippen LogP contribution in [0.3, 0.4) is 0 Å². The second-order valence-electron chi connectivity index (χ2n) is 7.94. The summed E-state index contributed by atoms with van der Waals surface area (Å²) in [6.45, 7) is 5.82. The molecule has 1 unspecified atom stereocenters. The molecule has 0 amide bonds. The summed E-state index contributed by atoms with van der Waals surface area (Å²) in [6, 6.07) is 0. The Bertz CT molecular complexity index is 525. The SMILES string of the molecule is CCCC[C@H](C)[C@@H](O)/C=C/[C@H]1[C@H](O)CC(=O)[C@@H]1C/C=C\CCC(C)C(=O)O. The van der Waals surface area contributed by atoms with Gasteiger partial charge in [-0.15, -0.1) is 0 Å². The van der Waals surface area contributed by atoms with E-state index >= 15 is 0 Å². The van der Waals surface area contributed by atoms with E-state index in [9.17, 15) is 19.8 Å². The van der Waals surface area contributed by atoms with Crippen molar-refractivity contribution in [1.29, 1.82) is 0 Å². The number of hydrogen-bond donors (Lipinski definition) is 3. The first-order valence-corrected chi connectivity index (χ1v) is 10.2. The van der Waals surface area contributed by atoms with Gasteiger partial charge in [-0.1, -0.05) is 57.9 Å². The van der Waals surface area contributed by atoms with Crippen LogP contribution >= 0.6 is 0 Å². The van der Waals surface area contributed by atoms with E-state index in [2.05, 4.69) is 6.92 Å². The minimum atomic E-state index is -0.797. The molecule has 0 aromatic carbocycles. The molecule has 1 aliphatic carbocycles. The van der Waals surface area contributed by atoms with E-state index in [0.717, 1.165) is 19.3 Å². The molecule has 0 heterocycles. The summed E-state index contributed by atoms with van der Waals surface area (Å²) in [7, 11) is 0. The highest BCUT2D eigenvalue weighted by Gasteiger charge is 2.39. The van der Waals surface area contributed by atoms with Crippen LogP contribution in [0.15, 0.2) is 24.3 Å². The lowest BCUT2D eigenvalue weighted by Crippen LogP contribution is -2.20. The molecule has 1 saturated carbocycles. The van der Waals surface area contributed by atoms with Crippen LogP contribution in [0.5, 0.6) is 0 Å². The van der Waals surface area contributed by atoms with Crippen molar-refractivity contribution in [3.8, 4) is 0 Å². The molecule has 0 spiro atoms. The average Bonchev–Trinajstić information content (AvgIpc) is 2.89. The molecule has 0 aliphatic heterocycles. The zero-order valence-corrected chi connectivity index (χ0v) is 16.9. The molecule has 0 saturated heterocycles. The zero-order valence-electron chi connectivity index (χ0n) is 16.9. The largest absolute Gasteiger partial charge is 0.481 e. The Balaban J connectivity index is 2.57. The van der Waals surface area contributed by atoms with Crippen molar-refractivity contribution >= 4 is 11.8 Å². The van der Waals surface area contributed by atoms with Crippen LogP contribution in [0, 0.1) is 23.7 Å². The van der Waals surface area contributed by atoms with Crippen LogP contribution in [0.2, 0.25) is 0 Å². The first-order chi connectivity index (χ1) is 12.8. The number of aliphatic carboxylic acids is 1. The lowest BCUT2D eigenvalue weighted by Gasteiger charge is -2.19. The average molecular weight is 381 g/mol. The summed E-state index contributed by atoms with van der Waals surface area (Å²) >= 11 is 0. The first kappa shape index (κ1) is 23.6. The van der Waals surface area contributed by atoms with E-state index in [0.29, 0.717) is 19.3 Å². The van der Waals surface area contributed by atoms with Gasteiger partial charge in [0.15, 0.2) is 0 Å². The van der Waals surface area contributed by atoms with Gasteiger partial charge in [-0.05, 0) is 31.6 Å². The fraction of sp³-hybridized carbons (Fsp3) is 0.727. The van der Waals surface area contributed by atoms with E-state index in [1.807, 2.05) is 25.2 Å². The van der Waals surface area contributed by atoms with Crippen molar-refractivity contribution in [2.24, 2.45) is 23.7 Å². The number of Topliss-reactive ketones (excluding diaryl/α,β-unsaturated/α-hetero) is 1. The maximum atomic E-state index is 12.2. The van der Waals surface area contributed by atoms with Gasteiger partial charge in [-0.3, -0.25) is 9.59 Å². The second-order valence-corrected chi connectivity index (χ2v) is 7.94. The molecule has 27 heavy (non-hydrogen) atoms. The highest BCUT2D eigenvalue weighted by molar-refractivity contribution is 5.84. The van der Waals surface area contributed by atoms with E-state index < -0.39 is 18.2 Å². The Morgan fingerprint density at radius 3 is 2.59 bits per heavy atom. The summed E-state index contributed by atoms with van der Waals surface area (Å²) in [6.07, 6.45) is 11.2. The molecular weight excluding hydrogens is 344 g/mol. The molecule has 3 N–H and O–H groups in total. The third kappa shape index (κ3) is 7.97. The van der Waals surface area contributed by atoms with Crippen molar-refractivity contribution < 1.29 is 24.9 Å². The van der Waals surface area contributed by atoms with Crippen LogP contribution in [0.1, 0.15) is 65.7 Å². The van der Waals surface area contributed by atoms with Crippen LogP contribution in [-0.2, 0) is 9.59 Å². The van der Waals surface area contributed by atoms with Crippen LogP contribution < -0.4 is 0 Å². The van der Waals surface area contributed by atoms with Gasteiger partial charge >= 0.3 is 5.97 Å². The van der Waals surface area contributed by atoms with Gasteiger partial charge in [0.05, 0.1) is 18.1 Å². The number of ketones is 1. The molecule has 5 heteroatoms. The number of carbonyl (C=O) groups is 2. The number of aliphatic hydroxyl groups is 2. The number of hydrogen-bond acceptors (Lipinski definition) is 4. The predicted octanol–water partition coefficient (Wildman–Crippen LogP) is 3.74. The van der Waals surface area contributed by atoms with Gasteiger partial charge in [0.25, 0.3) is 0 Å². The third-order valence-electron chi connectivity index (χ3n) is 5.60. The number of allylic oxidation sites excluding steroid dienone is 2. The molecule has 1 aliphatic rings. The van der Waals surface area contributed by atoms with Gasteiger partial charge in [0.2, 0.25) is 0 Å². The number of carboxylic acid groups (broad SMARTS) is 1. The Morgan fingerprint density at radius 2 is 1.96 bits per heavy atom. The van der Waals surface area contributed by atoms with E-state index in [1.54, 1.807) is 13.0 Å². The number of rotatable bonds is 12. The van der Waals surface area contributed by atoms with Gasteiger partial charge in [-0.25, -0.2) is 0 Å². The minimum Gasteiger partial charge on any atom is -0.481 e. The lowest BCUT2D eigenvalue weighted by atomic mass is 9.89. The van der Waals surface area contributed by atoms with E-state index in [-0.39, 0.29) is 35.9 Å². The topological polar surface area (TPSA) is 94.8 Å². The lowest BCUT2D eigenvalue weighted by molar-refractivity contribution is -0.141. The smallest absolute Gasteiger partial charge is 0.306 e. The van der Waals surface area contributed by atoms with Crippen LogP contribution in [0.25, 0.3) is 0 Å². The van der Waals surface area contributed by atoms with Crippen molar-refractivity contribution in [2.75, 3.05) is 0 Å². The zero-order chi connectivity index (χ0) is 20.4. The summed E-state index contributed by atoms with van der Waals surface area (Å²) in [5.41, 5.74) is 0. The number of aliphatic hydroxyl groups excluding tert-OH is 2. The molecule has 1 fully saturated rings. The molecular formula is C22H36O5. The quantitative estimate of drug-likeness (QED) is 0.448. The highest BCUT2D eigenvalue weighted by Crippen LogP contribution is 2.33. The molecule has 1 rings (SSSR count). The minimum absolute atomic E-state index is 0.0502. The highest BCUT2D eigenvalue weighted by atomic mass is 16.4. The number of unbranched alkanes of at least 4 members (excludes halogenated alkanes) is 1. The van der Waals surface area contributed by atoms with Gasteiger partial charge in [0, 0.05) is 18.3 Å². The Kier molecular flexibility index (Phi) is 10.6.